The van der Waals surface area contributed by atoms with E-state index in [1.165, 1.54) is 38.5 Å². The number of rotatable bonds is 20. The van der Waals surface area contributed by atoms with Gasteiger partial charge in [0.15, 0.2) is 5.96 Å². The molecule has 0 amide bonds. The van der Waals surface area contributed by atoms with E-state index in [2.05, 4.69) is 38.0 Å². The highest BCUT2D eigenvalue weighted by Gasteiger charge is 2.11. The third-order valence-electron chi connectivity index (χ3n) is 5.41. The molecule has 5 N–H and O–H groups in total. The molecule has 30 heavy (non-hydrogen) atoms. The van der Waals surface area contributed by atoms with E-state index in [-0.39, 0.29) is 32.3 Å². The average Bonchev–Trinajstić information content (AvgIpc) is 2.75. The summed E-state index contributed by atoms with van der Waals surface area (Å²) in [5, 5.41) is 22.9. The summed E-state index contributed by atoms with van der Waals surface area (Å²) in [4.78, 5) is 4.12. The standard InChI is InChI=1S/C23H49N3O4/c1-5-9-11-19(7-3)15-29-17-21(27)13-25-23(24)26-14-22(28)18-30-16-20(8-4)12-10-6-2/h19-22,27-28H,5-18H2,1-4H3,(H3,24,25,26). The van der Waals surface area contributed by atoms with Gasteiger partial charge in [0.2, 0.25) is 0 Å². The van der Waals surface area contributed by atoms with E-state index in [0.29, 0.717) is 25.0 Å². The van der Waals surface area contributed by atoms with Crippen LogP contribution in [-0.4, -0.2) is 67.9 Å². The first-order valence-corrected chi connectivity index (χ1v) is 12.0. The van der Waals surface area contributed by atoms with E-state index in [4.69, 9.17) is 15.2 Å². The molecule has 0 bridgehead atoms. The molecule has 0 aromatic heterocycles. The number of nitrogens with zero attached hydrogens (tertiary/aromatic N) is 1. The van der Waals surface area contributed by atoms with Crippen LogP contribution >= 0.6 is 0 Å². The van der Waals surface area contributed by atoms with Gasteiger partial charge >= 0.3 is 0 Å². The lowest BCUT2D eigenvalue weighted by Gasteiger charge is -2.17. The number of unbranched alkanes of at least 4 members (excludes halogenated alkanes) is 2. The molecule has 0 aliphatic rings. The Labute approximate surface area is 184 Å². The van der Waals surface area contributed by atoms with Crippen molar-refractivity contribution in [2.45, 2.75) is 91.3 Å². The molecule has 0 aliphatic carbocycles. The van der Waals surface area contributed by atoms with Crippen molar-refractivity contribution in [1.82, 2.24) is 5.32 Å². The Morgan fingerprint density at radius 2 is 1.33 bits per heavy atom. The van der Waals surface area contributed by atoms with Crippen molar-refractivity contribution in [3.8, 4) is 0 Å². The Kier molecular flexibility index (Phi) is 19.4. The molecule has 0 aliphatic heterocycles. The summed E-state index contributed by atoms with van der Waals surface area (Å²) in [6.07, 6.45) is 8.01. The lowest BCUT2D eigenvalue weighted by atomic mass is 10.0. The second kappa shape index (κ2) is 20.0. The number of nitrogens with two attached hydrogens (primary N) is 1. The number of aliphatic hydroxyl groups excluding tert-OH is 2. The quantitative estimate of drug-likeness (QED) is 0.174. The van der Waals surface area contributed by atoms with Crippen LogP contribution < -0.4 is 11.1 Å². The zero-order chi connectivity index (χ0) is 22.6. The summed E-state index contributed by atoms with van der Waals surface area (Å²) in [7, 11) is 0. The van der Waals surface area contributed by atoms with E-state index in [1.54, 1.807) is 0 Å². The first kappa shape index (κ1) is 29.1. The fourth-order valence-electron chi connectivity index (χ4n) is 3.13. The lowest BCUT2D eigenvalue weighted by molar-refractivity contribution is 0.0208. The van der Waals surface area contributed by atoms with E-state index < -0.39 is 12.2 Å². The van der Waals surface area contributed by atoms with Crippen molar-refractivity contribution >= 4 is 5.96 Å². The minimum absolute atomic E-state index is 0.173. The number of hydrogen-bond acceptors (Lipinski definition) is 5. The summed E-state index contributed by atoms with van der Waals surface area (Å²) in [5.74, 6) is 1.31. The fourth-order valence-corrected chi connectivity index (χ4v) is 3.13. The molecular weight excluding hydrogens is 382 g/mol. The molecule has 7 heteroatoms. The molecule has 4 unspecified atom stereocenters. The van der Waals surface area contributed by atoms with Crippen LogP contribution in [0.3, 0.4) is 0 Å². The highest BCUT2D eigenvalue weighted by atomic mass is 16.5. The number of ether oxygens (including phenoxy) is 2. The predicted octanol–water partition coefficient (Wildman–Crippen LogP) is 3.08. The average molecular weight is 432 g/mol. The van der Waals surface area contributed by atoms with Crippen LogP contribution in [0, 0.1) is 11.8 Å². The number of guanidine groups is 1. The Balaban J connectivity index is 3.91. The van der Waals surface area contributed by atoms with Gasteiger partial charge in [-0.3, -0.25) is 4.99 Å². The lowest BCUT2D eigenvalue weighted by Crippen LogP contribution is -2.39. The van der Waals surface area contributed by atoms with Crippen LogP contribution in [0.1, 0.15) is 79.1 Å². The predicted molar refractivity (Wildman–Crippen MR) is 125 cm³/mol. The summed E-state index contributed by atoms with van der Waals surface area (Å²) in [6, 6.07) is 0. The molecule has 0 spiro atoms. The van der Waals surface area contributed by atoms with E-state index in [1.807, 2.05) is 0 Å². The Hall–Kier alpha value is -0.890. The Morgan fingerprint density at radius 3 is 1.80 bits per heavy atom. The number of aliphatic imine (C=N–C) groups is 1. The van der Waals surface area contributed by atoms with Crippen molar-refractivity contribution in [1.29, 1.82) is 0 Å². The van der Waals surface area contributed by atoms with Gasteiger partial charge in [-0.05, 0) is 24.7 Å². The minimum Gasteiger partial charge on any atom is -0.389 e. The molecule has 0 radical (unpaired) electrons. The Morgan fingerprint density at radius 1 is 0.833 bits per heavy atom. The van der Waals surface area contributed by atoms with Crippen LogP contribution in [0.2, 0.25) is 0 Å². The number of nitrogens with one attached hydrogen (secondary N) is 1. The van der Waals surface area contributed by atoms with Crippen molar-refractivity contribution in [2.24, 2.45) is 22.6 Å². The van der Waals surface area contributed by atoms with Gasteiger partial charge < -0.3 is 30.7 Å². The van der Waals surface area contributed by atoms with Gasteiger partial charge in [-0.25, -0.2) is 0 Å². The van der Waals surface area contributed by atoms with Crippen molar-refractivity contribution in [3.63, 3.8) is 0 Å². The molecule has 180 valence electrons. The summed E-state index contributed by atoms with van der Waals surface area (Å²) in [6.45, 7) is 11.1. The topological polar surface area (TPSA) is 109 Å². The molecule has 0 rings (SSSR count). The van der Waals surface area contributed by atoms with Gasteiger partial charge in [-0.2, -0.15) is 0 Å². The van der Waals surface area contributed by atoms with Crippen LogP contribution in [0.25, 0.3) is 0 Å². The molecule has 0 aromatic rings. The zero-order valence-electron chi connectivity index (χ0n) is 19.9. The fraction of sp³-hybridized carbons (Fsp3) is 0.957. The van der Waals surface area contributed by atoms with E-state index in [9.17, 15) is 10.2 Å². The second-order valence-corrected chi connectivity index (χ2v) is 8.32. The second-order valence-electron chi connectivity index (χ2n) is 8.32. The number of aliphatic hydroxyl groups is 2. The molecule has 7 nitrogen and oxygen atoms in total. The first-order chi connectivity index (χ1) is 14.5. The third-order valence-corrected chi connectivity index (χ3v) is 5.41. The minimum atomic E-state index is -0.684. The van der Waals surface area contributed by atoms with Gasteiger partial charge in [0, 0.05) is 19.8 Å². The van der Waals surface area contributed by atoms with Crippen LogP contribution in [0.5, 0.6) is 0 Å². The van der Waals surface area contributed by atoms with Gasteiger partial charge in [0.1, 0.15) is 0 Å². The van der Waals surface area contributed by atoms with E-state index in [0.717, 1.165) is 12.8 Å². The van der Waals surface area contributed by atoms with Crippen LogP contribution in [0.4, 0.5) is 0 Å². The maximum absolute atomic E-state index is 10.0. The maximum Gasteiger partial charge on any atom is 0.188 e. The summed E-state index contributed by atoms with van der Waals surface area (Å²) >= 11 is 0. The van der Waals surface area contributed by atoms with Gasteiger partial charge in [-0.1, -0.05) is 66.2 Å². The largest absolute Gasteiger partial charge is 0.389 e. The summed E-state index contributed by atoms with van der Waals surface area (Å²) < 4.78 is 11.3. The van der Waals surface area contributed by atoms with Gasteiger partial charge in [0.25, 0.3) is 0 Å². The monoisotopic (exact) mass is 431 g/mol. The van der Waals surface area contributed by atoms with E-state index >= 15 is 0 Å². The molecule has 4 atom stereocenters. The SMILES string of the molecule is CCCCC(CC)COCC(O)CN=C(N)NCC(O)COCC(CC)CCCC. The van der Waals surface area contributed by atoms with Crippen molar-refractivity contribution in [2.75, 3.05) is 39.5 Å². The van der Waals surface area contributed by atoms with Gasteiger partial charge in [0.05, 0.1) is 32.0 Å². The normalized spacial score (nSPS) is 16.3. The highest BCUT2D eigenvalue weighted by molar-refractivity contribution is 5.77. The molecule has 0 saturated carbocycles. The Bertz CT molecular complexity index is 410. The van der Waals surface area contributed by atoms with Crippen LogP contribution in [0.15, 0.2) is 4.99 Å². The summed E-state index contributed by atoms with van der Waals surface area (Å²) in [5.41, 5.74) is 5.81. The third kappa shape index (κ3) is 16.9. The highest BCUT2D eigenvalue weighted by Crippen LogP contribution is 2.13. The maximum atomic E-state index is 10.0. The first-order valence-electron chi connectivity index (χ1n) is 12.0. The molecule has 0 saturated heterocycles. The molecular formula is C23H49N3O4. The van der Waals surface area contributed by atoms with Gasteiger partial charge in [-0.15, -0.1) is 0 Å². The van der Waals surface area contributed by atoms with Crippen LogP contribution in [-0.2, 0) is 9.47 Å². The molecule has 0 aromatic carbocycles. The molecule has 0 heterocycles. The number of hydrogen-bond donors (Lipinski definition) is 4. The zero-order valence-corrected chi connectivity index (χ0v) is 19.9. The van der Waals surface area contributed by atoms with Crippen molar-refractivity contribution in [3.05, 3.63) is 0 Å². The smallest absolute Gasteiger partial charge is 0.188 e. The van der Waals surface area contributed by atoms with Crippen molar-refractivity contribution < 1.29 is 19.7 Å². The molecule has 0 fully saturated rings.